The number of nitrogens with zero attached hydrogens (tertiary/aromatic N) is 1. The number of benzene rings is 1. The van der Waals surface area contributed by atoms with Gasteiger partial charge in [0.05, 0.1) is 24.4 Å². The molecule has 1 aromatic heterocycles. The van der Waals surface area contributed by atoms with E-state index in [1.54, 1.807) is 11.3 Å². The van der Waals surface area contributed by atoms with Gasteiger partial charge in [-0.05, 0) is 37.6 Å². The van der Waals surface area contributed by atoms with Crippen LogP contribution >= 0.6 is 11.3 Å². The molecule has 2 rings (SSSR count). The van der Waals surface area contributed by atoms with E-state index in [0.717, 1.165) is 36.7 Å². The van der Waals surface area contributed by atoms with Crippen molar-refractivity contribution in [3.63, 3.8) is 0 Å². The summed E-state index contributed by atoms with van der Waals surface area (Å²) < 4.78 is 5.54. The predicted molar refractivity (Wildman–Crippen MR) is 76.4 cm³/mol. The van der Waals surface area contributed by atoms with Crippen LogP contribution in [-0.4, -0.2) is 11.6 Å². The molecular weight excluding hydrogens is 244 g/mol. The maximum atomic E-state index is 5.54. The zero-order chi connectivity index (χ0) is 12.8. The average molecular weight is 262 g/mol. The summed E-state index contributed by atoms with van der Waals surface area (Å²) in [5.74, 6) is 0.927. The van der Waals surface area contributed by atoms with E-state index in [9.17, 15) is 0 Å². The van der Waals surface area contributed by atoms with Crippen LogP contribution in [0.2, 0.25) is 0 Å². The van der Waals surface area contributed by atoms with Crippen molar-refractivity contribution in [3.8, 4) is 5.75 Å². The Morgan fingerprint density at radius 2 is 2.06 bits per heavy atom. The highest BCUT2D eigenvalue weighted by Crippen LogP contribution is 2.18. The molecule has 2 aromatic rings. The fourth-order valence-corrected chi connectivity index (χ4v) is 2.28. The minimum absolute atomic E-state index is 0.771. The molecule has 4 heteroatoms. The second kappa shape index (κ2) is 6.40. The molecule has 3 nitrogen and oxygen atoms in total. The van der Waals surface area contributed by atoms with Crippen molar-refractivity contribution >= 4 is 17.0 Å². The monoisotopic (exact) mass is 262 g/mol. The smallest absolute Gasteiger partial charge is 0.119 e. The molecule has 0 atom stereocenters. The summed E-state index contributed by atoms with van der Waals surface area (Å²) in [4.78, 5) is 5.51. The first kappa shape index (κ1) is 12.9. The highest BCUT2D eigenvalue weighted by atomic mass is 32.1. The van der Waals surface area contributed by atoms with Gasteiger partial charge in [0.1, 0.15) is 5.75 Å². The summed E-state index contributed by atoms with van der Waals surface area (Å²) in [5.41, 5.74) is 4.09. The molecule has 0 saturated heterocycles. The Morgan fingerprint density at radius 3 is 2.67 bits per heavy atom. The Kier molecular flexibility index (Phi) is 4.59. The molecule has 0 aliphatic heterocycles. The van der Waals surface area contributed by atoms with Crippen molar-refractivity contribution in [1.82, 2.24) is 4.98 Å². The van der Waals surface area contributed by atoms with Gasteiger partial charge in [-0.15, -0.1) is 11.3 Å². The van der Waals surface area contributed by atoms with E-state index in [2.05, 4.69) is 17.2 Å². The van der Waals surface area contributed by atoms with E-state index >= 15 is 0 Å². The zero-order valence-electron chi connectivity index (χ0n) is 10.8. The summed E-state index contributed by atoms with van der Waals surface area (Å²) >= 11 is 1.68. The number of hydrogen-bond donors (Lipinski definition) is 1. The molecule has 1 heterocycles. The molecule has 96 valence electrons. The number of rotatable bonds is 6. The molecule has 1 N–H and O–H groups in total. The molecule has 0 amide bonds. The Morgan fingerprint density at radius 1 is 1.28 bits per heavy atom. The maximum absolute atomic E-state index is 5.54. The standard InChI is InChI=1S/C14H18N2OS/c1-3-8-17-13-6-4-12(5-7-13)15-9-14-11(2)16-10-18-14/h4-7,10,15H,3,8-9H2,1-2H3. The average Bonchev–Trinajstić information content (AvgIpc) is 2.81. The Bertz CT molecular complexity index is 479. The third kappa shape index (κ3) is 3.47. The fourth-order valence-electron chi connectivity index (χ4n) is 1.57. The third-order valence-corrected chi connectivity index (χ3v) is 3.56. The summed E-state index contributed by atoms with van der Waals surface area (Å²) in [6, 6.07) is 8.08. The van der Waals surface area contributed by atoms with Gasteiger partial charge in [0, 0.05) is 10.6 Å². The van der Waals surface area contributed by atoms with Crippen LogP contribution in [-0.2, 0) is 6.54 Å². The van der Waals surface area contributed by atoms with Crippen LogP contribution in [0.3, 0.4) is 0 Å². The van der Waals surface area contributed by atoms with Crippen LogP contribution in [0.4, 0.5) is 5.69 Å². The molecular formula is C14H18N2OS. The van der Waals surface area contributed by atoms with E-state index in [4.69, 9.17) is 4.74 Å². The van der Waals surface area contributed by atoms with E-state index in [0.29, 0.717) is 0 Å². The van der Waals surface area contributed by atoms with Crippen molar-refractivity contribution < 1.29 is 4.74 Å². The predicted octanol–water partition coefficient (Wildman–Crippen LogP) is 3.85. The summed E-state index contributed by atoms with van der Waals surface area (Å²) in [6.07, 6.45) is 1.03. The van der Waals surface area contributed by atoms with Gasteiger partial charge in [0.2, 0.25) is 0 Å². The van der Waals surface area contributed by atoms with Crippen LogP contribution in [0.15, 0.2) is 29.8 Å². The van der Waals surface area contributed by atoms with Gasteiger partial charge in [-0.25, -0.2) is 4.98 Å². The van der Waals surface area contributed by atoms with Gasteiger partial charge >= 0.3 is 0 Å². The highest BCUT2D eigenvalue weighted by molar-refractivity contribution is 7.09. The van der Waals surface area contributed by atoms with E-state index < -0.39 is 0 Å². The number of thiazole rings is 1. The number of anilines is 1. The van der Waals surface area contributed by atoms with Crippen molar-refractivity contribution in [2.45, 2.75) is 26.8 Å². The Labute approximate surface area is 112 Å². The number of nitrogens with one attached hydrogen (secondary N) is 1. The quantitative estimate of drug-likeness (QED) is 0.858. The molecule has 0 saturated carbocycles. The molecule has 0 fully saturated rings. The van der Waals surface area contributed by atoms with E-state index in [1.807, 2.05) is 36.7 Å². The molecule has 0 radical (unpaired) electrons. The summed E-state index contributed by atoms with van der Waals surface area (Å²) in [7, 11) is 0. The second-order valence-electron chi connectivity index (χ2n) is 4.09. The molecule has 0 unspecified atom stereocenters. The third-order valence-electron chi connectivity index (χ3n) is 2.63. The van der Waals surface area contributed by atoms with E-state index in [-0.39, 0.29) is 0 Å². The number of hydrogen-bond acceptors (Lipinski definition) is 4. The van der Waals surface area contributed by atoms with Gasteiger partial charge in [-0.2, -0.15) is 0 Å². The van der Waals surface area contributed by atoms with Gasteiger partial charge in [-0.3, -0.25) is 0 Å². The number of ether oxygens (including phenoxy) is 1. The number of aryl methyl sites for hydroxylation is 1. The lowest BCUT2D eigenvalue weighted by atomic mass is 10.3. The molecule has 0 aliphatic carbocycles. The molecule has 1 aromatic carbocycles. The van der Waals surface area contributed by atoms with Crippen molar-refractivity contribution in [1.29, 1.82) is 0 Å². The lowest BCUT2D eigenvalue weighted by Gasteiger charge is -2.08. The lowest BCUT2D eigenvalue weighted by molar-refractivity contribution is 0.317. The SMILES string of the molecule is CCCOc1ccc(NCc2scnc2C)cc1. The maximum Gasteiger partial charge on any atom is 0.119 e. The first-order valence-corrected chi connectivity index (χ1v) is 7.03. The fraction of sp³-hybridized carbons (Fsp3) is 0.357. The minimum Gasteiger partial charge on any atom is -0.494 e. The first-order chi connectivity index (χ1) is 8.79. The lowest BCUT2D eigenvalue weighted by Crippen LogP contribution is -1.99. The van der Waals surface area contributed by atoms with Gasteiger partial charge in [0.15, 0.2) is 0 Å². The second-order valence-corrected chi connectivity index (χ2v) is 5.03. The highest BCUT2D eigenvalue weighted by Gasteiger charge is 2.01. The summed E-state index contributed by atoms with van der Waals surface area (Å²) in [6.45, 7) is 5.74. The van der Waals surface area contributed by atoms with Crippen LogP contribution in [0.1, 0.15) is 23.9 Å². The van der Waals surface area contributed by atoms with Crippen molar-refractivity contribution in [3.05, 3.63) is 40.3 Å². The van der Waals surface area contributed by atoms with E-state index in [1.165, 1.54) is 4.88 Å². The normalized spacial score (nSPS) is 10.3. The Balaban J connectivity index is 1.88. The van der Waals surface area contributed by atoms with Crippen LogP contribution < -0.4 is 10.1 Å². The van der Waals surface area contributed by atoms with Gasteiger partial charge < -0.3 is 10.1 Å². The van der Waals surface area contributed by atoms with Gasteiger partial charge in [-0.1, -0.05) is 6.92 Å². The first-order valence-electron chi connectivity index (χ1n) is 6.15. The molecule has 18 heavy (non-hydrogen) atoms. The largest absolute Gasteiger partial charge is 0.494 e. The van der Waals surface area contributed by atoms with Crippen molar-refractivity contribution in [2.24, 2.45) is 0 Å². The van der Waals surface area contributed by atoms with Crippen LogP contribution in [0.5, 0.6) is 5.75 Å². The topological polar surface area (TPSA) is 34.1 Å². The molecule has 0 bridgehead atoms. The van der Waals surface area contributed by atoms with Crippen molar-refractivity contribution in [2.75, 3.05) is 11.9 Å². The zero-order valence-corrected chi connectivity index (χ0v) is 11.6. The number of aromatic nitrogens is 1. The Hall–Kier alpha value is -1.55. The van der Waals surface area contributed by atoms with Crippen LogP contribution in [0, 0.1) is 6.92 Å². The molecule has 0 aliphatic rings. The minimum atomic E-state index is 0.771. The molecule has 0 spiro atoms. The van der Waals surface area contributed by atoms with Gasteiger partial charge in [0.25, 0.3) is 0 Å². The summed E-state index contributed by atoms with van der Waals surface area (Å²) in [5, 5.41) is 3.39. The van der Waals surface area contributed by atoms with Crippen LogP contribution in [0.25, 0.3) is 0 Å².